The monoisotopic (exact) mass is 743 g/mol. The molecule has 0 amide bonds. The van der Waals surface area contributed by atoms with Gasteiger partial charge in [0.2, 0.25) is 0 Å². The van der Waals surface area contributed by atoms with E-state index in [0.717, 1.165) is 60.9 Å². The fourth-order valence-electron chi connectivity index (χ4n) is 8.75. The van der Waals surface area contributed by atoms with Crippen LogP contribution in [0.15, 0.2) is 192 Å². The summed E-state index contributed by atoms with van der Waals surface area (Å²) in [7, 11) is 0. The van der Waals surface area contributed by atoms with Gasteiger partial charge in [-0.1, -0.05) is 172 Å². The molecule has 1 aliphatic rings. The lowest BCUT2D eigenvalue weighted by Gasteiger charge is -2.21. The minimum Gasteiger partial charge on any atom is -0.456 e. The van der Waals surface area contributed by atoms with E-state index in [-0.39, 0.29) is 5.41 Å². The van der Waals surface area contributed by atoms with Crippen molar-refractivity contribution in [1.29, 1.82) is 0 Å². The first kappa shape index (κ1) is 33.9. The van der Waals surface area contributed by atoms with Gasteiger partial charge in [-0.15, -0.1) is 0 Å². The van der Waals surface area contributed by atoms with Gasteiger partial charge < -0.3 is 4.42 Å². The van der Waals surface area contributed by atoms with Crippen LogP contribution in [0.25, 0.3) is 101 Å². The Morgan fingerprint density at radius 1 is 0.345 bits per heavy atom. The zero-order chi connectivity index (χ0) is 38.8. The normalized spacial score (nSPS) is 12.8. The Morgan fingerprint density at radius 2 is 0.862 bits per heavy atom. The van der Waals surface area contributed by atoms with Gasteiger partial charge in [0.25, 0.3) is 0 Å². The smallest absolute Gasteiger partial charge is 0.164 e. The van der Waals surface area contributed by atoms with Gasteiger partial charge in [0.1, 0.15) is 11.2 Å². The van der Waals surface area contributed by atoms with E-state index >= 15 is 0 Å². The van der Waals surface area contributed by atoms with Crippen molar-refractivity contribution in [1.82, 2.24) is 15.0 Å². The highest BCUT2D eigenvalue weighted by Gasteiger charge is 2.35. The van der Waals surface area contributed by atoms with E-state index in [1.54, 1.807) is 0 Å². The number of fused-ring (bicyclic) bond motifs is 6. The molecule has 274 valence electrons. The van der Waals surface area contributed by atoms with Gasteiger partial charge in [-0.25, -0.2) is 15.0 Å². The van der Waals surface area contributed by atoms with Crippen molar-refractivity contribution in [2.45, 2.75) is 19.3 Å². The zero-order valence-electron chi connectivity index (χ0n) is 32.1. The van der Waals surface area contributed by atoms with Crippen molar-refractivity contribution in [3.8, 4) is 78.7 Å². The van der Waals surface area contributed by atoms with E-state index in [1.807, 2.05) is 18.2 Å². The van der Waals surface area contributed by atoms with Crippen LogP contribution in [0.2, 0.25) is 0 Å². The molecule has 0 unspecified atom stereocenters. The molecular weight excluding hydrogens is 707 g/mol. The van der Waals surface area contributed by atoms with Gasteiger partial charge in [0, 0.05) is 32.9 Å². The number of aromatic nitrogens is 3. The summed E-state index contributed by atoms with van der Waals surface area (Å²) in [5.74, 6) is 1.84. The summed E-state index contributed by atoms with van der Waals surface area (Å²) in [5.41, 5.74) is 16.3. The van der Waals surface area contributed by atoms with Crippen molar-refractivity contribution in [3.63, 3.8) is 0 Å². The summed E-state index contributed by atoms with van der Waals surface area (Å²) in [5, 5.41) is 2.16. The molecular formula is C54H37N3O. The van der Waals surface area contributed by atoms with Crippen molar-refractivity contribution in [2.75, 3.05) is 0 Å². The minimum atomic E-state index is -0.154. The average Bonchev–Trinajstić information content (AvgIpc) is 3.78. The number of nitrogens with zero attached hydrogens (tertiary/aromatic N) is 3. The van der Waals surface area contributed by atoms with Gasteiger partial charge in [-0.3, -0.25) is 0 Å². The second-order valence-corrected chi connectivity index (χ2v) is 15.6. The molecule has 0 saturated heterocycles. The van der Waals surface area contributed by atoms with Crippen LogP contribution in [0.1, 0.15) is 25.0 Å². The van der Waals surface area contributed by atoms with Gasteiger partial charge in [-0.05, 0) is 86.0 Å². The highest BCUT2D eigenvalue weighted by molar-refractivity contribution is 6.13. The van der Waals surface area contributed by atoms with Crippen molar-refractivity contribution in [3.05, 3.63) is 199 Å². The van der Waals surface area contributed by atoms with Crippen LogP contribution in [0, 0.1) is 0 Å². The molecule has 58 heavy (non-hydrogen) atoms. The van der Waals surface area contributed by atoms with Crippen LogP contribution >= 0.6 is 0 Å². The van der Waals surface area contributed by atoms with Crippen LogP contribution in [0.3, 0.4) is 0 Å². The molecule has 4 nitrogen and oxygen atoms in total. The third-order valence-electron chi connectivity index (χ3n) is 11.8. The van der Waals surface area contributed by atoms with Gasteiger partial charge in [0.15, 0.2) is 17.5 Å². The first-order valence-electron chi connectivity index (χ1n) is 19.8. The summed E-state index contributed by atoms with van der Waals surface area (Å²) in [6.07, 6.45) is 0. The summed E-state index contributed by atoms with van der Waals surface area (Å²) < 4.78 is 6.53. The van der Waals surface area contributed by atoms with Crippen molar-refractivity contribution < 1.29 is 4.42 Å². The van der Waals surface area contributed by atoms with Crippen LogP contribution in [0.4, 0.5) is 0 Å². The fraction of sp³-hybridized carbons (Fsp3) is 0.0556. The molecule has 10 aromatic rings. The Bertz CT molecular complexity index is 3180. The van der Waals surface area contributed by atoms with Crippen LogP contribution in [0.5, 0.6) is 0 Å². The van der Waals surface area contributed by atoms with Gasteiger partial charge in [0.05, 0.1) is 0 Å². The van der Waals surface area contributed by atoms with E-state index < -0.39 is 0 Å². The van der Waals surface area contributed by atoms with Gasteiger partial charge in [-0.2, -0.15) is 0 Å². The first-order chi connectivity index (χ1) is 28.5. The molecule has 2 aromatic heterocycles. The maximum atomic E-state index is 6.53. The average molecular weight is 744 g/mol. The molecule has 11 rings (SSSR count). The number of hydrogen-bond donors (Lipinski definition) is 0. The lowest BCUT2D eigenvalue weighted by Crippen LogP contribution is -2.15. The molecule has 0 atom stereocenters. The molecule has 0 N–H and O–H groups in total. The molecule has 0 aliphatic heterocycles. The fourth-order valence-corrected chi connectivity index (χ4v) is 8.75. The second kappa shape index (κ2) is 13.4. The second-order valence-electron chi connectivity index (χ2n) is 15.6. The quantitative estimate of drug-likeness (QED) is 0.170. The lowest BCUT2D eigenvalue weighted by atomic mass is 9.82. The number of hydrogen-bond acceptors (Lipinski definition) is 4. The zero-order valence-corrected chi connectivity index (χ0v) is 32.1. The van der Waals surface area contributed by atoms with E-state index in [0.29, 0.717) is 17.5 Å². The molecule has 0 saturated carbocycles. The summed E-state index contributed by atoms with van der Waals surface area (Å²) in [4.78, 5) is 15.5. The molecule has 8 aromatic carbocycles. The Balaban J connectivity index is 1.03. The van der Waals surface area contributed by atoms with Crippen LogP contribution in [-0.4, -0.2) is 15.0 Å². The number of benzene rings is 8. The van der Waals surface area contributed by atoms with E-state index in [1.165, 1.54) is 33.4 Å². The molecule has 4 heteroatoms. The topological polar surface area (TPSA) is 51.8 Å². The molecule has 1 aliphatic carbocycles. The van der Waals surface area contributed by atoms with E-state index in [2.05, 4.69) is 184 Å². The van der Waals surface area contributed by atoms with Crippen molar-refractivity contribution >= 4 is 21.9 Å². The van der Waals surface area contributed by atoms with Crippen molar-refractivity contribution in [2.24, 2.45) is 0 Å². The lowest BCUT2D eigenvalue weighted by molar-refractivity contribution is 0.660. The van der Waals surface area contributed by atoms with Gasteiger partial charge >= 0.3 is 0 Å². The third-order valence-corrected chi connectivity index (χ3v) is 11.8. The summed E-state index contributed by atoms with van der Waals surface area (Å²) in [6.45, 7) is 4.60. The Labute approximate surface area is 337 Å². The SMILES string of the molecule is CC1(C)c2ccccc2-c2ccc(-c3nc(-c4ccc(-c5cccc(-c6ccccc6)c5)cc4)nc(-c4ccc5c(c4)oc4cccc(-c6ccccc6)c45)n3)cc21. The highest BCUT2D eigenvalue weighted by Crippen LogP contribution is 2.49. The predicted octanol–water partition coefficient (Wildman–Crippen LogP) is 14.1. The Hall–Kier alpha value is -7.43. The minimum absolute atomic E-state index is 0.154. The van der Waals surface area contributed by atoms with Crippen LogP contribution < -0.4 is 0 Å². The molecule has 0 radical (unpaired) electrons. The Morgan fingerprint density at radius 3 is 1.60 bits per heavy atom. The molecule has 2 heterocycles. The third kappa shape index (κ3) is 5.64. The maximum absolute atomic E-state index is 6.53. The largest absolute Gasteiger partial charge is 0.456 e. The molecule has 0 bridgehead atoms. The number of rotatable bonds is 6. The molecule has 0 spiro atoms. The predicted molar refractivity (Wildman–Crippen MR) is 237 cm³/mol. The van der Waals surface area contributed by atoms with E-state index in [9.17, 15) is 0 Å². The molecule has 0 fully saturated rings. The number of furan rings is 1. The standard InChI is InChI=1S/C54H37N3O/c1-54(2)46-21-10-9-19-43(46)44-29-27-40(32-47(44)54)52-55-51(37-25-23-35(24-26-37)39-18-11-17-38(31-39)34-13-5-3-6-14-34)56-53(57-52)41-28-30-45-49(33-41)58-48-22-12-20-42(50(45)48)36-15-7-4-8-16-36/h3-33H,1-2H3. The summed E-state index contributed by atoms with van der Waals surface area (Å²) in [6, 6.07) is 66.1. The van der Waals surface area contributed by atoms with Crippen LogP contribution in [-0.2, 0) is 5.41 Å². The maximum Gasteiger partial charge on any atom is 0.164 e. The highest BCUT2D eigenvalue weighted by atomic mass is 16.3. The first-order valence-corrected chi connectivity index (χ1v) is 19.8. The van der Waals surface area contributed by atoms with E-state index in [4.69, 9.17) is 19.4 Å². The summed E-state index contributed by atoms with van der Waals surface area (Å²) >= 11 is 0. The Kier molecular flexibility index (Phi) is 7.80.